The summed E-state index contributed by atoms with van der Waals surface area (Å²) in [5, 5.41) is 0. The van der Waals surface area contributed by atoms with Crippen LogP contribution < -0.4 is 0 Å². The summed E-state index contributed by atoms with van der Waals surface area (Å²) in [6.07, 6.45) is 5.32. The van der Waals surface area contributed by atoms with Gasteiger partial charge >= 0.3 is 5.97 Å². The number of ether oxygens (including phenoxy) is 2. The van der Waals surface area contributed by atoms with Crippen molar-refractivity contribution in [2.75, 3.05) is 33.9 Å². The lowest BCUT2D eigenvalue weighted by atomic mass is 10.1. The number of carbonyl (C=O) groups excluding carboxylic acids is 1. The van der Waals surface area contributed by atoms with Crippen molar-refractivity contribution >= 4 is 5.97 Å². The third-order valence-corrected chi connectivity index (χ3v) is 3.22. The number of likely N-dealkylation sites (tertiary alicyclic amines) is 1. The molecular formula is C13H23NO3. The van der Waals surface area contributed by atoms with E-state index in [0.717, 1.165) is 38.0 Å². The first-order valence-electron chi connectivity index (χ1n) is 6.23. The molecular weight excluding hydrogens is 218 g/mol. The minimum Gasteiger partial charge on any atom is -0.466 e. The van der Waals surface area contributed by atoms with Gasteiger partial charge in [0.05, 0.1) is 13.2 Å². The van der Waals surface area contributed by atoms with Gasteiger partial charge in [-0.25, -0.2) is 4.79 Å². The van der Waals surface area contributed by atoms with Crippen LogP contribution in [0.3, 0.4) is 0 Å². The minimum absolute atomic E-state index is 0.215. The highest BCUT2D eigenvalue weighted by atomic mass is 16.5. The Morgan fingerprint density at radius 2 is 2.24 bits per heavy atom. The van der Waals surface area contributed by atoms with Gasteiger partial charge in [-0.05, 0) is 25.8 Å². The summed E-state index contributed by atoms with van der Waals surface area (Å²) in [5.41, 5.74) is 0.757. The molecule has 1 aliphatic rings. The minimum atomic E-state index is -0.215. The van der Waals surface area contributed by atoms with Crippen LogP contribution in [0.15, 0.2) is 11.6 Å². The van der Waals surface area contributed by atoms with Gasteiger partial charge < -0.3 is 9.47 Å². The van der Waals surface area contributed by atoms with Gasteiger partial charge in [0.25, 0.3) is 0 Å². The Morgan fingerprint density at radius 1 is 1.47 bits per heavy atom. The molecule has 1 atom stereocenters. The standard InChI is InChI=1S/C13H23NO3/c1-4-11(13(15)17-3)7-9-14-8-5-6-12(10-14)16-2/h7,12H,4-6,8-10H2,1-3H3. The molecule has 0 aromatic carbocycles. The van der Waals surface area contributed by atoms with Gasteiger partial charge in [-0.15, -0.1) is 0 Å². The van der Waals surface area contributed by atoms with Gasteiger partial charge in [0.15, 0.2) is 0 Å². The van der Waals surface area contributed by atoms with E-state index in [1.54, 1.807) is 7.11 Å². The number of esters is 1. The van der Waals surface area contributed by atoms with Crippen LogP contribution in [0.5, 0.6) is 0 Å². The van der Waals surface area contributed by atoms with Crippen molar-refractivity contribution in [3.63, 3.8) is 0 Å². The molecule has 0 aromatic heterocycles. The smallest absolute Gasteiger partial charge is 0.333 e. The number of rotatable bonds is 5. The third-order valence-electron chi connectivity index (χ3n) is 3.22. The maximum Gasteiger partial charge on any atom is 0.333 e. The lowest BCUT2D eigenvalue weighted by Crippen LogP contribution is -2.39. The average Bonchev–Trinajstić information content (AvgIpc) is 2.39. The summed E-state index contributed by atoms with van der Waals surface area (Å²) in [4.78, 5) is 13.7. The molecule has 4 nitrogen and oxygen atoms in total. The highest BCUT2D eigenvalue weighted by molar-refractivity contribution is 5.88. The topological polar surface area (TPSA) is 38.8 Å². The van der Waals surface area contributed by atoms with Crippen molar-refractivity contribution < 1.29 is 14.3 Å². The second-order valence-electron chi connectivity index (χ2n) is 4.33. The lowest BCUT2D eigenvalue weighted by molar-refractivity contribution is -0.136. The fraction of sp³-hybridized carbons (Fsp3) is 0.769. The van der Waals surface area contributed by atoms with Crippen LogP contribution in [0, 0.1) is 0 Å². The van der Waals surface area contributed by atoms with Crippen molar-refractivity contribution in [2.45, 2.75) is 32.3 Å². The second-order valence-corrected chi connectivity index (χ2v) is 4.33. The molecule has 0 saturated carbocycles. The van der Waals surface area contributed by atoms with E-state index in [1.165, 1.54) is 7.11 Å². The monoisotopic (exact) mass is 241 g/mol. The molecule has 1 heterocycles. The van der Waals surface area contributed by atoms with Crippen LogP contribution in [0.2, 0.25) is 0 Å². The first kappa shape index (κ1) is 14.2. The van der Waals surface area contributed by atoms with Crippen LogP contribution in [-0.2, 0) is 14.3 Å². The molecule has 1 rings (SSSR count). The van der Waals surface area contributed by atoms with Gasteiger partial charge in [-0.3, -0.25) is 4.90 Å². The second kappa shape index (κ2) is 7.45. The van der Waals surface area contributed by atoms with E-state index in [4.69, 9.17) is 9.47 Å². The Bertz CT molecular complexity index is 276. The van der Waals surface area contributed by atoms with Crippen LogP contribution in [-0.4, -0.2) is 50.8 Å². The van der Waals surface area contributed by atoms with Crippen molar-refractivity contribution in [3.05, 3.63) is 11.6 Å². The van der Waals surface area contributed by atoms with E-state index in [1.807, 2.05) is 13.0 Å². The van der Waals surface area contributed by atoms with Crippen LogP contribution >= 0.6 is 0 Å². The van der Waals surface area contributed by atoms with Crippen molar-refractivity contribution in [1.29, 1.82) is 0 Å². The fourth-order valence-electron chi connectivity index (χ4n) is 2.11. The van der Waals surface area contributed by atoms with E-state index in [9.17, 15) is 4.79 Å². The number of hydrogen-bond donors (Lipinski definition) is 0. The Morgan fingerprint density at radius 3 is 2.82 bits per heavy atom. The first-order valence-corrected chi connectivity index (χ1v) is 6.23. The number of methoxy groups -OCH3 is 2. The molecule has 98 valence electrons. The summed E-state index contributed by atoms with van der Waals surface area (Å²) in [6.45, 7) is 4.80. The first-order chi connectivity index (χ1) is 8.21. The van der Waals surface area contributed by atoms with Crippen molar-refractivity contribution in [2.24, 2.45) is 0 Å². The number of carbonyl (C=O) groups is 1. The Balaban J connectivity index is 2.47. The average molecular weight is 241 g/mol. The molecule has 0 bridgehead atoms. The predicted octanol–water partition coefficient (Wildman–Crippen LogP) is 1.61. The third kappa shape index (κ3) is 4.48. The Hall–Kier alpha value is -0.870. The number of hydrogen-bond acceptors (Lipinski definition) is 4. The highest BCUT2D eigenvalue weighted by Crippen LogP contribution is 2.13. The predicted molar refractivity (Wildman–Crippen MR) is 66.9 cm³/mol. The van der Waals surface area contributed by atoms with Gasteiger partial charge in [-0.1, -0.05) is 13.0 Å². The van der Waals surface area contributed by atoms with E-state index in [2.05, 4.69) is 4.90 Å². The summed E-state index contributed by atoms with van der Waals surface area (Å²) < 4.78 is 10.1. The zero-order chi connectivity index (χ0) is 12.7. The fourth-order valence-corrected chi connectivity index (χ4v) is 2.11. The molecule has 0 radical (unpaired) electrons. The maximum atomic E-state index is 11.4. The Kier molecular flexibility index (Phi) is 6.22. The molecule has 1 aliphatic heterocycles. The molecule has 4 heteroatoms. The van der Waals surface area contributed by atoms with E-state index in [0.29, 0.717) is 12.5 Å². The molecule has 0 amide bonds. The van der Waals surface area contributed by atoms with Crippen LogP contribution in [0.25, 0.3) is 0 Å². The summed E-state index contributed by atoms with van der Waals surface area (Å²) in [6, 6.07) is 0. The van der Waals surface area contributed by atoms with E-state index >= 15 is 0 Å². The van der Waals surface area contributed by atoms with Crippen molar-refractivity contribution in [3.8, 4) is 0 Å². The molecule has 0 spiro atoms. The summed E-state index contributed by atoms with van der Waals surface area (Å²) in [7, 11) is 3.18. The largest absolute Gasteiger partial charge is 0.466 e. The van der Waals surface area contributed by atoms with Crippen molar-refractivity contribution in [1.82, 2.24) is 4.90 Å². The zero-order valence-electron chi connectivity index (χ0n) is 11.1. The van der Waals surface area contributed by atoms with Crippen LogP contribution in [0.4, 0.5) is 0 Å². The highest BCUT2D eigenvalue weighted by Gasteiger charge is 2.18. The molecule has 0 aromatic rings. The molecule has 1 saturated heterocycles. The molecule has 1 fully saturated rings. The molecule has 1 unspecified atom stereocenters. The molecule has 0 aliphatic carbocycles. The number of piperidine rings is 1. The lowest BCUT2D eigenvalue weighted by Gasteiger charge is -2.31. The number of nitrogens with zero attached hydrogens (tertiary/aromatic N) is 1. The van der Waals surface area contributed by atoms with Gasteiger partial charge in [0, 0.05) is 25.8 Å². The van der Waals surface area contributed by atoms with E-state index < -0.39 is 0 Å². The van der Waals surface area contributed by atoms with E-state index in [-0.39, 0.29) is 5.97 Å². The maximum absolute atomic E-state index is 11.4. The normalized spacial score (nSPS) is 22.5. The van der Waals surface area contributed by atoms with Gasteiger partial charge in [-0.2, -0.15) is 0 Å². The van der Waals surface area contributed by atoms with Crippen LogP contribution in [0.1, 0.15) is 26.2 Å². The van der Waals surface area contributed by atoms with Gasteiger partial charge in [0.2, 0.25) is 0 Å². The quantitative estimate of drug-likeness (QED) is 0.541. The Labute approximate surface area is 104 Å². The molecule has 0 N–H and O–H groups in total. The summed E-state index contributed by atoms with van der Waals surface area (Å²) >= 11 is 0. The zero-order valence-corrected chi connectivity index (χ0v) is 11.1. The SMILES string of the molecule is CCC(=CCN1CCCC(OC)C1)C(=O)OC. The molecule has 17 heavy (non-hydrogen) atoms. The summed E-state index contributed by atoms with van der Waals surface area (Å²) in [5.74, 6) is -0.215. The van der Waals surface area contributed by atoms with Gasteiger partial charge in [0.1, 0.15) is 0 Å².